The molecule has 3 saturated heterocycles. The van der Waals surface area contributed by atoms with Crippen LogP contribution in [0.25, 0.3) is 10.9 Å². The van der Waals surface area contributed by atoms with Crippen LogP contribution in [-0.4, -0.2) is 251 Å². The van der Waals surface area contributed by atoms with Gasteiger partial charge in [0.05, 0.1) is 6.42 Å². The molecule has 39 nitrogen and oxygen atoms in total. The predicted molar refractivity (Wildman–Crippen MR) is 424 cm³/mol. The van der Waals surface area contributed by atoms with E-state index in [4.69, 9.17) is 27.7 Å². The fourth-order valence-electron chi connectivity index (χ4n) is 13.7. The lowest BCUT2D eigenvalue weighted by Gasteiger charge is -2.38. The number of esters is 1. The van der Waals surface area contributed by atoms with E-state index < -0.39 is 238 Å². The predicted octanol–water partition coefficient (Wildman–Crippen LogP) is -2.81. The van der Waals surface area contributed by atoms with Gasteiger partial charge in [-0.15, -0.1) is 0 Å². The van der Waals surface area contributed by atoms with Crippen molar-refractivity contribution in [1.29, 1.82) is 0 Å². The number of carbonyl (C=O) groups is 16. The van der Waals surface area contributed by atoms with E-state index in [9.17, 15) is 65.7 Å². The molecule has 1 aromatic heterocycles. The minimum absolute atomic E-state index is 0.00569. The van der Waals surface area contributed by atoms with Crippen molar-refractivity contribution >= 4 is 138 Å². The molecular formula is C75H110BrN19O20S. The van der Waals surface area contributed by atoms with Crippen LogP contribution in [0.2, 0.25) is 0 Å². The van der Waals surface area contributed by atoms with Gasteiger partial charge in [0, 0.05) is 67.5 Å². The standard InChI is InChI=1S/C75H110BrN19O20S/c1-12-75(9,10)59(92-67(106)58(74(6,7)8)91-66(105)53-22-16-30-94(53)69(108)48(86-60(99)39(4)83-37-96)32-41-23-25-43(76)26-24-41)68(107)85-47(33-42-35-82-45-19-14-13-18-44(42)45)62(101)84-46(20-15-29-81-73(79)80)61(100)88-50(36-116(112,113)114)63(102)90-57-40(5)115-72(111)49(34-55(78)98)87-65(104)52-21-17-31-95(52)71(110)56(38(2)3)89-64(103)51(27-28-54(77)97)93(11)70(57)109/h13-14,18-19,23-26,35,37-40,46-53,56-59,82H,12,15-17,20-22,27-34,36H2,1-11H3,(H2,77,97)(H2,78,98)(H,83,96)(H,84,101)(H,85,107)(H,86,99)(H,87,104)(H,88,100)(H,89,103)(H,90,102)(H,91,105)(H,92,106)(H4,79,80,81)(H,112,113,114)/t39-,40?,46-,47-,48-,49-,50-,51-,52-,53-,56-,57-,58+,59+/m0/s1. The average Bonchev–Trinajstić information content (AvgIpc) is 1.64. The quantitative estimate of drug-likeness (QED) is 0.00706. The number of nitrogens with zero attached hydrogens (tertiary/aromatic N) is 4. The second kappa shape index (κ2) is 41.6. The number of fused-ring (bicyclic) bond motifs is 2. The molecule has 0 aliphatic carbocycles. The Balaban J connectivity index is 1.35. The van der Waals surface area contributed by atoms with Crippen LogP contribution in [0.5, 0.6) is 0 Å². The molecule has 638 valence electrons. The molecule has 0 radical (unpaired) electrons. The van der Waals surface area contributed by atoms with Crippen LogP contribution in [0.1, 0.15) is 145 Å². The summed E-state index contributed by atoms with van der Waals surface area (Å²) in [7, 11) is -4.37. The molecule has 2 aromatic carbocycles. The van der Waals surface area contributed by atoms with Crippen LogP contribution in [0, 0.1) is 16.7 Å². The summed E-state index contributed by atoms with van der Waals surface area (Å²) >= 11 is 3.40. The minimum Gasteiger partial charge on any atom is -0.458 e. The number of aliphatic imine (C=N–C) groups is 1. The number of likely N-dealkylation sites (tertiary alicyclic amines) is 1. The number of halogens is 1. The van der Waals surface area contributed by atoms with E-state index in [1.165, 1.54) is 16.7 Å². The monoisotopic (exact) mass is 1710 g/mol. The van der Waals surface area contributed by atoms with Crippen molar-refractivity contribution in [2.45, 2.75) is 231 Å². The summed E-state index contributed by atoms with van der Waals surface area (Å²) in [6, 6.07) is -7.17. The first kappa shape index (κ1) is 94.0. The van der Waals surface area contributed by atoms with Gasteiger partial charge in [-0.2, -0.15) is 8.42 Å². The van der Waals surface area contributed by atoms with E-state index in [2.05, 4.69) is 79.1 Å². The molecule has 3 aromatic rings. The zero-order chi connectivity index (χ0) is 86.6. The lowest BCUT2D eigenvalue weighted by Crippen LogP contribution is -2.64. The Labute approximate surface area is 680 Å². The topological polar surface area (TPSA) is 599 Å². The van der Waals surface area contributed by atoms with Crippen molar-refractivity contribution in [1.82, 2.24) is 72.9 Å². The number of aromatic nitrogens is 1. The highest BCUT2D eigenvalue weighted by molar-refractivity contribution is 9.10. The van der Waals surface area contributed by atoms with Crippen molar-refractivity contribution in [3.8, 4) is 0 Å². The molecule has 3 aliphatic rings. The van der Waals surface area contributed by atoms with E-state index in [1.54, 1.807) is 110 Å². The number of aromatic amines is 1. The largest absolute Gasteiger partial charge is 0.458 e. The summed E-state index contributed by atoms with van der Waals surface area (Å²) < 4.78 is 43.0. The summed E-state index contributed by atoms with van der Waals surface area (Å²) in [5, 5.41) is 26.1. The van der Waals surface area contributed by atoms with Crippen LogP contribution in [-0.2, 0) is 104 Å². The maximum absolute atomic E-state index is 15.4. The number of hydrogen-bond donors (Lipinski definition) is 16. The van der Waals surface area contributed by atoms with E-state index in [0.29, 0.717) is 39.8 Å². The molecule has 116 heavy (non-hydrogen) atoms. The smallest absolute Gasteiger partial charge is 0.329 e. The molecule has 6 rings (SSSR count). The van der Waals surface area contributed by atoms with Gasteiger partial charge in [0.15, 0.2) is 5.96 Å². The average molecular weight is 1710 g/mol. The molecule has 4 heterocycles. The highest BCUT2D eigenvalue weighted by Crippen LogP contribution is 2.30. The number of ether oxygens (including phenoxy) is 1. The first-order valence-electron chi connectivity index (χ1n) is 38.1. The van der Waals surface area contributed by atoms with Gasteiger partial charge in [0.25, 0.3) is 10.1 Å². The van der Waals surface area contributed by atoms with Crippen molar-refractivity contribution in [3.05, 3.63) is 70.3 Å². The molecule has 41 heteroatoms. The zero-order valence-electron chi connectivity index (χ0n) is 66.8. The highest BCUT2D eigenvalue weighted by atomic mass is 79.9. The number of cyclic esters (lactones) is 1. The SMILES string of the molecule is CCC(C)(C)[C@H](NC(=O)[C@@H](NC(=O)[C@@H]1CCCN1C(=O)[C@H](Cc1ccc(Br)cc1)NC(=O)[C@H](C)NC=O)C(C)(C)C)C(=O)N[C@@H](Cc1c[nH]c2ccccc12)C(=O)N[C@@H](CCCN=C(N)N)C(=O)N[C@@H](CS(=O)(=O)O)C(=O)N[C@@H]1C(=O)N(C)[C@@H](CCC(N)=O)C(=O)N[C@@H](C(C)C)C(=O)N2CCC[C@H]2C(=O)N[C@@H](CC(N)=O)C(=O)OC1C. The Kier molecular flexibility index (Phi) is 33.7. The van der Waals surface area contributed by atoms with Gasteiger partial charge < -0.3 is 101 Å². The van der Waals surface area contributed by atoms with Crippen molar-refractivity contribution in [2.75, 3.05) is 32.4 Å². The number of hydrogen-bond acceptors (Lipinski definition) is 20. The zero-order valence-corrected chi connectivity index (χ0v) is 69.2. The maximum atomic E-state index is 15.4. The minimum atomic E-state index is -5.40. The van der Waals surface area contributed by atoms with Gasteiger partial charge in [-0.25, -0.2) is 4.79 Å². The molecule has 1 unspecified atom stereocenters. The molecule has 3 fully saturated rings. The number of para-hydroxylation sites is 1. The number of rotatable bonds is 35. The third-order valence-electron chi connectivity index (χ3n) is 20.7. The summed E-state index contributed by atoms with van der Waals surface area (Å²) in [4.78, 5) is 237. The second-order valence-electron chi connectivity index (χ2n) is 31.4. The Hall–Kier alpha value is -10.8. The number of amides is 15. The summed E-state index contributed by atoms with van der Waals surface area (Å²) in [5.74, 6) is -18.4. The number of guanidine groups is 1. The van der Waals surface area contributed by atoms with E-state index in [0.717, 1.165) is 18.4 Å². The van der Waals surface area contributed by atoms with Crippen LogP contribution in [0.15, 0.2) is 64.2 Å². The normalized spacial score (nSPS) is 21.0. The molecule has 0 spiro atoms. The van der Waals surface area contributed by atoms with Crippen molar-refractivity contribution in [3.63, 3.8) is 0 Å². The van der Waals surface area contributed by atoms with Gasteiger partial charge in [-0.3, -0.25) is 81.5 Å². The fraction of sp³-hybridized carbons (Fsp3) is 0.587. The van der Waals surface area contributed by atoms with Crippen LogP contribution in [0.3, 0.4) is 0 Å². The highest BCUT2D eigenvalue weighted by Gasteiger charge is 2.48. The fourth-order valence-corrected chi connectivity index (χ4v) is 14.6. The molecular weight excluding hydrogens is 1600 g/mol. The number of nitrogens with one attached hydrogen (secondary N) is 11. The summed E-state index contributed by atoms with van der Waals surface area (Å²) in [6.07, 6.45) is -2.02. The number of primary amides is 2. The third-order valence-corrected chi connectivity index (χ3v) is 22.0. The maximum Gasteiger partial charge on any atom is 0.329 e. The van der Waals surface area contributed by atoms with Gasteiger partial charge in [-0.05, 0) is 111 Å². The third kappa shape index (κ3) is 26.3. The van der Waals surface area contributed by atoms with Gasteiger partial charge in [0.1, 0.15) is 90.4 Å². The molecule has 14 atom stereocenters. The molecule has 0 bridgehead atoms. The van der Waals surface area contributed by atoms with Crippen LogP contribution < -0.4 is 76.1 Å². The summed E-state index contributed by atoms with van der Waals surface area (Å²) in [5.41, 5.74) is 21.7. The molecule has 0 saturated carbocycles. The van der Waals surface area contributed by atoms with E-state index in [-0.39, 0.29) is 64.6 Å². The lowest BCUT2D eigenvalue weighted by molar-refractivity contribution is -0.159. The first-order valence-corrected chi connectivity index (χ1v) is 40.6. The second-order valence-corrected chi connectivity index (χ2v) is 33.8. The first-order chi connectivity index (χ1) is 54.3. The number of benzene rings is 2. The Morgan fingerprint density at radius 2 is 1.35 bits per heavy atom. The van der Waals surface area contributed by atoms with Crippen LogP contribution in [0.4, 0.5) is 0 Å². The van der Waals surface area contributed by atoms with E-state index >= 15 is 24.0 Å². The summed E-state index contributed by atoms with van der Waals surface area (Å²) in [6.45, 7) is 15.5. The van der Waals surface area contributed by atoms with Gasteiger partial charge in [-0.1, -0.05) is 102 Å². The van der Waals surface area contributed by atoms with Gasteiger partial charge in [0.2, 0.25) is 89.1 Å². The molecule has 20 N–H and O–H groups in total. The van der Waals surface area contributed by atoms with Crippen LogP contribution >= 0.6 is 15.9 Å². The Bertz CT molecular complexity index is 4280. The Morgan fingerprint density at radius 1 is 0.733 bits per heavy atom. The Morgan fingerprint density at radius 3 is 1.97 bits per heavy atom. The molecule has 15 amide bonds. The van der Waals surface area contributed by atoms with Gasteiger partial charge >= 0.3 is 5.97 Å². The molecule has 3 aliphatic heterocycles. The van der Waals surface area contributed by atoms with Crippen molar-refractivity contribution in [2.24, 2.45) is 44.7 Å². The van der Waals surface area contributed by atoms with E-state index in [1.807, 2.05) is 0 Å². The number of carbonyl (C=O) groups excluding carboxylic acids is 16. The van der Waals surface area contributed by atoms with Crippen molar-refractivity contribution < 1.29 is 94.4 Å². The number of nitrogens with two attached hydrogens (primary N) is 4. The lowest BCUT2D eigenvalue weighted by atomic mass is 9.80. The number of H-pyrrole nitrogens is 1. The number of likely N-dealkylation sites (N-methyl/N-ethyl adjacent to an activating group) is 1.